The molecule has 0 atom stereocenters. The summed E-state index contributed by atoms with van der Waals surface area (Å²) >= 11 is 0. The van der Waals surface area contributed by atoms with E-state index in [1.54, 1.807) is 18.3 Å². The Morgan fingerprint density at radius 3 is 2.74 bits per heavy atom. The minimum Gasteiger partial charge on any atom is -0.333 e. The molecule has 5 nitrogen and oxygen atoms in total. The monoisotopic (exact) mass is 372 g/mol. The molecule has 1 aromatic carbocycles. The molecule has 142 valence electrons. The van der Waals surface area contributed by atoms with Crippen LogP contribution in [0.1, 0.15) is 35.7 Å². The van der Waals surface area contributed by atoms with Crippen LogP contribution in [0, 0.1) is 11.6 Å². The zero-order valence-corrected chi connectivity index (χ0v) is 15.2. The van der Waals surface area contributed by atoms with Gasteiger partial charge in [-0.25, -0.2) is 13.8 Å². The average molecular weight is 372 g/mol. The summed E-state index contributed by atoms with van der Waals surface area (Å²) in [5, 5.41) is 3.18. The lowest BCUT2D eigenvalue weighted by Gasteiger charge is -2.52. The number of fused-ring (bicyclic) bond motifs is 1. The van der Waals surface area contributed by atoms with Crippen LogP contribution >= 0.6 is 0 Å². The van der Waals surface area contributed by atoms with E-state index in [1.165, 1.54) is 12.1 Å². The highest BCUT2D eigenvalue weighted by molar-refractivity contribution is 6.01. The van der Waals surface area contributed by atoms with E-state index in [0.717, 1.165) is 12.6 Å². The van der Waals surface area contributed by atoms with E-state index in [4.69, 9.17) is 0 Å². The van der Waals surface area contributed by atoms with Gasteiger partial charge in [-0.05, 0) is 37.3 Å². The van der Waals surface area contributed by atoms with Gasteiger partial charge >= 0.3 is 0 Å². The van der Waals surface area contributed by atoms with Crippen LogP contribution in [0.2, 0.25) is 0 Å². The Morgan fingerprint density at radius 1 is 1.22 bits per heavy atom. The number of hydrogen-bond donors (Lipinski definition) is 1. The molecule has 0 bridgehead atoms. The number of carbonyl (C=O) groups excluding carboxylic acids is 1. The van der Waals surface area contributed by atoms with Crippen molar-refractivity contribution in [3.8, 4) is 0 Å². The smallest absolute Gasteiger partial charge is 0.256 e. The number of carbonyl (C=O) groups is 1. The summed E-state index contributed by atoms with van der Waals surface area (Å²) in [6.07, 6.45) is 3.09. The Balaban J connectivity index is 1.52. The first-order valence-electron chi connectivity index (χ1n) is 9.24. The molecule has 0 radical (unpaired) electrons. The van der Waals surface area contributed by atoms with E-state index in [2.05, 4.69) is 20.1 Å². The zero-order valence-electron chi connectivity index (χ0n) is 15.2. The quantitative estimate of drug-likeness (QED) is 0.900. The Labute approximate surface area is 157 Å². The third-order valence-corrected chi connectivity index (χ3v) is 5.55. The number of anilines is 1. The number of pyridine rings is 1. The first-order chi connectivity index (χ1) is 13.0. The lowest BCUT2D eigenvalue weighted by Crippen LogP contribution is -2.67. The van der Waals surface area contributed by atoms with Crippen molar-refractivity contribution in [2.24, 2.45) is 0 Å². The SMILES string of the molecule is CCN1c2ncccc2C(=O)NC12CCN(Cc1cc(F)ccc1F)CC2. The number of amides is 1. The molecule has 1 amide bonds. The summed E-state index contributed by atoms with van der Waals surface area (Å²) in [4.78, 5) is 21.3. The summed E-state index contributed by atoms with van der Waals surface area (Å²) in [7, 11) is 0. The number of hydrogen-bond acceptors (Lipinski definition) is 4. The highest BCUT2D eigenvalue weighted by Crippen LogP contribution is 2.36. The number of aromatic nitrogens is 1. The molecule has 0 unspecified atom stereocenters. The largest absolute Gasteiger partial charge is 0.333 e. The highest BCUT2D eigenvalue weighted by Gasteiger charge is 2.45. The van der Waals surface area contributed by atoms with Gasteiger partial charge < -0.3 is 10.2 Å². The van der Waals surface area contributed by atoms with E-state index in [-0.39, 0.29) is 5.91 Å². The second-order valence-electron chi connectivity index (χ2n) is 7.12. The fourth-order valence-corrected chi connectivity index (χ4v) is 4.17. The van der Waals surface area contributed by atoms with E-state index >= 15 is 0 Å². The minimum absolute atomic E-state index is 0.104. The Kier molecular flexibility index (Phi) is 4.55. The molecule has 3 heterocycles. The molecule has 2 aliphatic heterocycles. The van der Waals surface area contributed by atoms with Gasteiger partial charge in [0.05, 0.1) is 5.56 Å². The van der Waals surface area contributed by atoms with Crippen molar-refractivity contribution in [3.05, 3.63) is 59.3 Å². The molecule has 0 saturated carbocycles. The fraction of sp³-hybridized carbons (Fsp3) is 0.400. The van der Waals surface area contributed by atoms with Crippen molar-refractivity contribution in [1.82, 2.24) is 15.2 Å². The molecule has 1 saturated heterocycles. The molecule has 1 fully saturated rings. The standard InChI is InChI=1S/C20H22F2N4O/c1-2-26-18-16(4-3-9-23-18)19(27)24-20(26)7-10-25(11-8-20)13-14-12-15(21)5-6-17(14)22/h3-6,9,12H,2,7-8,10-11,13H2,1H3,(H,24,27). The van der Waals surface area contributed by atoms with Crippen LogP contribution in [0.5, 0.6) is 0 Å². The maximum absolute atomic E-state index is 13.9. The van der Waals surface area contributed by atoms with Gasteiger partial charge in [0.25, 0.3) is 5.91 Å². The number of nitrogens with zero attached hydrogens (tertiary/aromatic N) is 3. The van der Waals surface area contributed by atoms with E-state index < -0.39 is 17.3 Å². The molecule has 0 aliphatic carbocycles. The summed E-state index contributed by atoms with van der Waals surface area (Å²) < 4.78 is 27.4. The van der Waals surface area contributed by atoms with Gasteiger partial charge in [-0.15, -0.1) is 0 Å². The molecular formula is C20H22F2N4O. The van der Waals surface area contributed by atoms with Gasteiger partial charge in [-0.1, -0.05) is 0 Å². The van der Waals surface area contributed by atoms with Gasteiger partial charge in [0.1, 0.15) is 23.1 Å². The lowest BCUT2D eigenvalue weighted by molar-refractivity contribution is 0.0760. The molecule has 4 rings (SSSR count). The number of piperidine rings is 1. The van der Waals surface area contributed by atoms with Crippen molar-refractivity contribution in [3.63, 3.8) is 0 Å². The molecule has 2 aromatic rings. The van der Waals surface area contributed by atoms with Crippen molar-refractivity contribution in [2.75, 3.05) is 24.5 Å². The predicted molar refractivity (Wildman–Crippen MR) is 98.3 cm³/mol. The number of nitrogens with one attached hydrogen (secondary N) is 1. The number of benzene rings is 1. The Hall–Kier alpha value is -2.54. The van der Waals surface area contributed by atoms with Gasteiger partial charge in [0.2, 0.25) is 0 Å². The molecule has 2 aliphatic rings. The molecule has 1 spiro atoms. The number of rotatable bonds is 3. The van der Waals surface area contributed by atoms with Crippen LogP contribution < -0.4 is 10.2 Å². The molecule has 1 aromatic heterocycles. The van der Waals surface area contributed by atoms with Crippen LogP contribution in [0.4, 0.5) is 14.6 Å². The van der Waals surface area contributed by atoms with Crippen LogP contribution in [0.25, 0.3) is 0 Å². The van der Waals surface area contributed by atoms with Crippen LogP contribution in [-0.2, 0) is 6.54 Å². The first-order valence-corrected chi connectivity index (χ1v) is 9.24. The summed E-state index contributed by atoms with van der Waals surface area (Å²) in [6.45, 7) is 4.48. The van der Waals surface area contributed by atoms with Crippen LogP contribution in [0.3, 0.4) is 0 Å². The van der Waals surface area contributed by atoms with E-state index in [9.17, 15) is 13.6 Å². The third kappa shape index (κ3) is 3.16. The second kappa shape index (κ2) is 6.88. The van der Waals surface area contributed by atoms with Crippen LogP contribution in [0.15, 0.2) is 36.5 Å². The summed E-state index contributed by atoms with van der Waals surface area (Å²) in [5.41, 5.74) is 0.469. The van der Waals surface area contributed by atoms with Crippen molar-refractivity contribution in [1.29, 1.82) is 0 Å². The van der Waals surface area contributed by atoms with E-state index in [1.807, 2.05) is 6.92 Å². The maximum Gasteiger partial charge on any atom is 0.256 e. The van der Waals surface area contributed by atoms with Crippen molar-refractivity contribution < 1.29 is 13.6 Å². The maximum atomic E-state index is 13.9. The fourth-order valence-electron chi connectivity index (χ4n) is 4.17. The van der Waals surface area contributed by atoms with Gasteiger partial charge in [-0.2, -0.15) is 0 Å². The number of halogens is 2. The summed E-state index contributed by atoms with van der Waals surface area (Å²) in [6, 6.07) is 7.10. The Bertz CT molecular complexity index is 865. The minimum atomic E-state index is -0.482. The predicted octanol–water partition coefficient (Wildman–Crippen LogP) is 2.92. The Morgan fingerprint density at radius 2 is 2.00 bits per heavy atom. The molecule has 7 heteroatoms. The second-order valence-corrected chi connectivity index (χ2v) is 7.12. The summed E-state index contributed by atoms with van der Waals surface area (Å²) in [5.74, 6) is -0.212. The van der Waals surface area contributed by atoms with Crippen molar-refractivity contribution in [2.45, 2.75) is 32.0 Å². The van der Waals surface area contributed by atoms with E-state index in [0.29, 0.717) is 49.4 Å². The highest BCUT2D eigenvalue weighted by atomic mass is 19.1. The normalized spacial score (nSPS) is 19.1. The lowest BCUT2D eigenvalue weighted by atomic mass is 9.91. The molecular weight excluding hydrogens is 350 g/mol. The topological polar surface area (TPSA) is 48.5 Å². The zero-order chi connectivity index (χ0) is 19.0. The molecule has 27 heavy (non-hydrogen) atoms. The third-order valence-electron chi connectivity index (χ3n) is 5.55. The van der Waals surface area contributed by atoms with Gasteiger partial charge in [-0.3, -0.25) is 9.69 Å². The molecule has 1 N–H and O–H groups in total. The van der Waals surface area contributed by atoms with Gasteiger partial charge in [0, 0.05) is 50.8 Å². The number of likely N-dealkylation sites (tertiary alicyclic amines) is 1. The van der Waals surface area contributed by atoms with Crippen molar-refractivity contribution >= 4 is 11.7 Å². The first kappa shape index (κ1) is 17.9. The van der Waals surface area contributed by atoms with Crippen LogP contribution in [-0.4, -0.2) is 41.1 Å². The van der Waals surface area contributed by atoms with Gasteiger partial charge in [0.15, 0.2) is 0 Å². The average Bonchev–Trinajstić information content (AvgIpc) is 2.67.